The average Bonchev–Trinajstić information content (AvgIpc) is 2.83. The van der Waals surface area contributed by atoms with Gasteiger partial charge in [-0.2, -0.15) is 5.26 Å². The van der Waals surface area contributed by atoms with Crippen LogP contribution in [-0.4, -0.2) is 47.7 Å². The van der Waals surface area contributed by atoms with Crippen molar-refractivity contribution in [2.24, 2.45) is 5.73 Å². The number of rotatable bonds is 7. The van der Waals surface area contributed by atoms with Crippen LogP contribution in [0, 0.1) is 11.3 Å². The predicted molar refractivity (Wildman–Crippen MR) is 130 cm³/mol. The van der Waals surface area contributed by atoms with Gasteiger partial charge in [0.05, 0.1) is 30.7 Å². The molecule has 1 saturated heterocycles. The first-order chi connectivity index (χ1) is 15.9. The van der Waals surface area contributed by atoms with E-state index in [1.807, 2.05) is 50.2 Å². The van der Waals surface area contributed by atoms with Gasteiger partial charge < -0.3 is 15.8 Å². The summed E-state index contributed by atoms with van der Waals surface area (Å²) < 4.78 is 5.42. The molecule has 33 heavy (non-hydrogen) atoms. The van der Waals surface area contributed by atoms with Crippen molar-refractivity contribution in [2.75, 3.05) is 38.2 Å². The molecule has 0 unspecified atom stereocenters. The van der Waals surface area contributed by atoms with Gasteiger partial charge in [0, 0.05) is 36.4 Å². The molecule has 1 aliphatic rings. The van der Waals surface area contributed by atoms with Gasteiger partial charge in [0.25, 0.3) is 0 Å². The minimum atomic E-state index is -0.429. The van der Waals surface area contributed by atoms with Crippen molar-refractivity contribution in [3.05, 3.63) is 71.4 Å². The molecular weight excluding hydrogens is 412 g/mol. The summed E-state index contributed by atoms with van der Waals surface area (Å²) in [6.45, 7) is 8.54. The molecule has 0 radical (unpaired) electrons. The molecule has 2 heterocycles. The summed E-state index contributed by atoms with van der Waals surface area (Å²) >= 11 is 0. The number of morpholine rings is 1. The minimum absolute atomic E-state index is 0.429. The van der Waals surface area contributed by atoms with E-state index in [2.05, 4.69) is 38.4 Å². The van der Waals surface area contributed by atoms with Crippen LogP contribution in [0.4, 0.5) is 11.6 Å². The van der Waals surface area contributed by atoms with Gasteiger partial charge in [-0.25, -0.2) is 9.97 Å². The smallest absolute Gasteiger partial charge is 0.227 e. The largest absolute Gasteiger partial charge is 0.379 e. The van der Waals surface area contributed by atoms with E-state index in [0.29, 0.717) is 17.2 Å². The molecule has 1 aromatic heterocycles. The Labute approximate surface area is 195 Å². The summed E-state index contributed by atoms with van der Waals surface area (Å²) in [6.07, 6.45) is 2.53. The third-order valence-electron chi connectivity index (χ3n) is 5.82. The maximum Gasteiger partial charge on any atom is 0.227 e. The van der Waals surface area contributed by atoms with Crippen LogP contribution in [0.2, 0.25) is 0 Å². The molecule has 170 valence electrons. The number of nitriles is 1. The molecule has 0 amide bonds. The van der Waals surface area contributed by atoms with E-state index in [9.17, 15) is 5.26 Å². The first-order valence-electron chi connectivity index (χ1n) is 11.3. The molecule has 0 spiro atoms. The van der Waals surface area contributed by atoms with E-state index in [-0.39, 0.29) is 0 Å². The van der Waals surface area contributed by atoms with Crippen LogP contribution in [0.15, 0.2) is 54.7 Å². The first kappa shape index (κ1) is 22.9. The number of nitrogens with two attached hydrogens (primary N) is 1. The van der Waals surface area contributed by atoms with Crippen molar-refractivity contribution < 1.29 is 4.74 Å². The zero-order valence-corrected chi connectivity index (χ0v) is 19.2. The lowest BCUT2D eigenvalue weighted by Crippen LogP contribution is -2.37. The Morgan fingerprint density at radius 3 is 2.61 bits per heavy atom. The van der Waals surface area contributed by atoms with Gasteiger partial charge >= 0.3 is 0 Å². The Kier molecular flexibility index (Phi) is 6.99. The van der Waals surface area contributed by atoms with Gasteiger partial charge in [-0.15, -0.1) is 0 Å². The highest BCUT2D eigenvalue weighted by Gasteiger charge is 2.16. The zero-order chi connectivity index (χ0) is 23.3. The standard InChI is InChI=1S/C26H30N6O/c1-26(2,28)22-8-6-20(7-9-22)24-21(17-27)18-29-25(31-24)30-23-5-3-4-19(16-23)10-11-32-12-14-33-15-13-32/h3-9,16,18H,10-15,28H2,1-2H3,(H,29,30,31). The zero-order valence-electron chi connectivity index (χ0n) is 19.2. The molecule has 7 heteroatoms. The molecule has 7 nitrogen and oxygen atoms in total. The number of nitrogens with zero attached hydrogens (tertiary/aromatic N) is 4. The maximum absolute atomic E-state index is 9.56. The highest BCUT2D eigenvalue weighted by molar-refractivity contribution is 5.68. The van der Waals surface area contributed by atoms with Gasteiger partial charge in [-0.1, -0.05) is 36.4 Å². The number of ether oxygens (including phenoxy) is 1. The Bertz CT molecular complexity index is 1120. The van der Waals surface area contributed by atoms with Crippen LogP contribution < -0.4 is 11.1 Å². The molecule has 1 fully saturated rings. The van der Waals surface area contributed by atoms with E-state index in [4.69, 9.17) is 10.5 Å². The fourth-order valence-electron chi connectivity index (χ4n) is 3.85. The topological polar surface area (TPSA) is 100 Å². The molecule has 2 aromatic carbocycles. The fourth-order valence-corrected chi connectivity index (χ4v) is 3.85. The second kappa shape index (κ2) is 10.1. The molecule has 1 aliphatic heterocycles. The summed E-state index contributed by atoms with van der Waals surface area (Å²) in [4.78, 5) is 11.4. The normalized spacial score (nSPS) is 14.6. The van der Waals surface area contributed by atoms with E-state index in [0.717, 1.165) is 56.1 Å². The van der Waals surface area contributed by atoms with Crippen LogP contribution in [0.25, 0.3) is 11.3 Å². The molecule has 3 aromatic rings. The summed E-state index contributed by atoms with van der Waals surface area (Å²) in [5, 5.41) is 12.9. The van der Waals surface area contributed by atoms with Crippen LogP contribution >= 0.6 is 0 Å². The van der Waals surface area contributed by atoms with E-state index in [1.165, 1.54) is 5.56 Å². The molecule has 0 bridgehead atoms. The SMILES string of the molecule is CC(C)(N)c1ccc(-c2nc(Nc3cccc(CCN4CCOCC4)c3)ncc2C#N)cc1. The lowest BCUT2D eigenvalue weighted by molar-refractivity contribution is 0.0384. The fraction of sp³-hybridized carbons (Fsp3) is 0.346. The average molecular weight is 443 g/mol. The number of benzene rings is 2. The summed E-state index contributed by atoms with van der Waals surface area (Å²) in [7, 11) is 0. The van der Waals surface area contributed by atoms with Crippen LogP contribution in [-0.2, 0) is 16.7 Å². The van der Waals surface area contributed by atoms with Crippen molar-refractivity contribution >= 4 is 11.6 Å². The molecule has 0 aliphatic carbocycles. The lowest BCUT2D eigenvalue weighted by Gasteiger charge is -2.26. The Balaban J connectivity index is 1.50. The minimum Gasteiger partial charge on any atom is -0.379 e. The second-order valence-corrected chi connectivity index (χ2v) is 8.90. The van der Waals surface area contributed by atoms with Crippen molar-refractivity contribution in [3.63, 3.8) is 0 Å². The second-order valence-electron chi connectivity index (χ2n) is 8.90. The summed E-state index contributed by atoms with van der Waals surface area (Å²) in [6, 6.07) is 18.3. The number of nitrogens with one attached hydrogen (secondary N) is 1. The molecule has 4 rings (SSSR count). The van der Waals surface area contributed by atoms with E-state index in [1.54, 1.807) is 6.20 Å². The van der Waals surface area contributed by atoms with E-state index >= 15 is 0 Å². The van der Waals surface area contributed by atoms with Crippen LogP contribution in [0.3, 0.4) is 0 Å². The highest BCUT2D eigenvalue weighted by Crippen LogP contribution is 2.26. The van der Waals surface area contributed by atoms with E-state index < -0.39 is 5.54 Å². The predicted octanol–water partition coefficient (Wildman–Crippen LogP) is 3.83. The van der Waals surface area contributed by atoms with Crippen LogP contribution in [0.1, 0.15) is 30.5 Å². The Morgan fingerprint density at radius 2 is 1.91 bits per heavy atom. The molecule has 0 atom stereocenters. The van der Waals surface area contributed by atoms with Crippen molar-refractivity contribution in [1.82, 2.24) is 14.9 Å². The van der Waals surface area contributed by atoms with Gasteiger partial charge in [0.15, 0.2) is 0 Å². The third-order valence-corrected chi connectivity index (χ3v) is 5.82. The first-order valence-corrected chi connectivity index (χ1v) is 11.3. The Hall–Kier alpha value is -3.31. The maximum atomic E-state index is 9.56. The number of aromatic nitrogens is 2. The van der Waals surface area contributed by atoms with Crippen molar-refractivity contribution in [3.8, 4) is 17.3 Å². The third kappa shape index (κ3) is 5.93. The van der Waals surface area contributed by atoms with Crippen molar-refractivity contribution in [1.29, 1.82) is 5.26 Å². The lowest BCUT2D eigenvalue weighted by atomic mass is 9.94. The molecular formula is C26H30N6O. The number of anilines is 2. The van der Waals surface area contributed by atoms with Gasteiger partial charge in [-0.05, 0) is 43.5 Å². The number of hydrogen-bond donors (Lipinski definition) is 2. The van der Waals surface area contributed by atoms with Gasteiger partial charge in [-0.3, -0.25) is 4.90 Å². The Morgan fingerprint density at radius 1 is 1.15 bits per heavy atom. The van der Waals surface area contributed by atoms with Crippen LogP contribution in [0.5, 0.6) is 0 Å². The monoisotopic (exact) mass is 442 g/mol. The van der Waals surface area contributed by atoms with Gasteiger partial charge in [0.2, 0.25) is 5.95 Å². The molecule has 3 N–H and O–H groups in total. The number of hydrogen-bond acceptors (Lipinski definition) is 7. The highest BCUT2D eigenvalue weighted by atomic mass is 16.5. The summed E-state index contributed by atoms with van der Waals surface area (Å²) in [5.74, 6) is 0.456. The quantitative estimate of drug-likeness (QED) is 0.574. The van der Waals surface area contributed by atoms with Crippen molar-refractivity contribution in [2.45, 2.75) is 25.8 Å². The summed E-state index contributed by atoms with van der Waals surface area (Å²) in [5.41, 5.74) is 10.8. The van der Waals surface area contributed by atoms with Gasteiger partial charge in [0.1, 0.15) is 6.07 Å². The molecule has 0 saturated carbocycles.